The Morgan fingerprint density at radius 1 is 1.24 bits per heavy atom. The van der Waals surface area contributed by atoms with Gasteiger partial charge in [-0.15, -0.1) is 12.4 Å². The van der Waals surface area contributed by atoms with Gasteiger partial charge in [0.1, 0.15) is 5.75 Å². The van der Waals surface area contributed by atoms with E-state index in [1.54, 1.807) is 7.11 Å². The van der Waals surface area contributed by atoms with Crippen molar-refractivity contribution in [3.63, 3.8) is 0 Å². The van der Waals surface area contributed by atoms with Crippen LogP contribution in [-0.4, -0.2) is 7.11 Å². The van der Waals surface area contributed by atoms with Crippen LogP contribution in [0, 0.1) is 12.8 Å². The molecule has 1 aromatic carbocycles. The molecule has 1 aromatic rings. The molecule has 2 nitrogen and oxygen atoms in total. The van der Waals surface area contributed by atoms with Gasteiger partial charge in [0.25, 0.3) is 0 Å². The Labute approximate surface area is 111 Å². The zero-order chi connectivity index (χ0) is 12.1. The van der Waals surface area contributed by atoms with Gasteiger partial charge in [-0.25, -0.2) is 0 Å². The van der Waals surface area contributed by atoms with Crippen LogP contribution in [0.25, 0.3) is 0 Å². The molecule has 0 aliphatic rings. The molecule has 1 rings (SSSR count). The first-order valence-electron chi connectivity index (χ1n) is 5.94. The number of halogens is 1. The standard InChI is InChI=1S/C14H23NO.ClH/c1-10(2)5-7-13(15)12-6-8-14(16-4)11(3)9-12;/h6,8-10,13H,5,7,15H2,1-4H3;1H/t13-;/m1./s1. The number of rotatable bonds is 5. The average Bonchev–Trinajstić information content (AvgIpc) is 2.25. The predicted molar refractivity (Wildman–Crippen MR) is 76.0 cm³/mol. The van der Waals surface area contributed by atoms with Gasteiger partial charge >= 0.3 is 0 Å². The molecule has 3 heteroatoms. The van der Waals surface area contributed by atoms with E-state index in [1.807, 2.05) is 6.07 Å². The van der Waals surface area contributed by atoms with Crippen LogP contribution in [0.3, 0.4) is 0 Å². The monoisotopic (exact) mass is 257 g/mol. The predicted octanol–water partition coefficient (Wildman–Crippen LogP) is 3.86. The van der Waals surface area contributed by atoms with E-state index in [2.05, 4.69) is 32.9 Å². The molecule has 0 amide bonds. The molecule has 0 bridgehead atoms. The van der Waals surface area contributed by atoms with E-state index in [1.165, 1.54) is 12.0 Å². The van der Waals surface area contributed by atoms with Crippen LogP contribution < -0.4 is 10.5 Å². The largest absolute Gasteiger partial charge is 0.496 e. The van der Waals surface area contributed by atoms with E-state index in [0.29, 0.717) is 5.92 Å². The summed E-state index contributed by atoms with van der Waals surface area (Å²) in [6.45, 7) is 6.51. The molecule has 0 aromatic heterocycles. The molecule has 98 valence electrons. The van der Waals surface area contributed by atoms with Gasteiger partial charge in [-0.1, -0.05) is 26.0 Å². The molecule has 0 radical (unpaired) electrons. The topological polar surface area (TPSA) is 35.2 Å². The van der Waals surface area contributed by atoms with Crippen molar-refractivity contribution in [3.05, 3.63) is 29.3 Å². The van der Waals surface area contributed by atoms with Crippen molar-refractivity contribution in [3.8, 4) is 5.75 Å². The Morgan fingerprint density at radius 2 is 1.88 bits per heavy atom. The van der Waals surface area contributed by atoms with Gasteiger partial charge in [0, 0.05) is 6.04 Å². The molecule has 17 heavy (non-hydrogen) atoms. The van der Waals surface area contributed by atoms with Crippen molar-refractivity contribution in [1.29, 1.82) is 0 Å². The maximum absolute atomic E-state index is 6.16. The Bertz CT molecular complexity index is 339. The van der Waals surface area contributed by atoms with Crippen molar-refractivity contribution >= 4 is 12.4 Å². The zero-order valence-corrected chi connectivity index (χ0v) is 12.0. The Balaban J connectivity index is 0.00000256. The molecule has 0 saturated carbocycles. The summed E-state index contributed by atoms with van der Waals surface area (Å²) in [4.78, 5) is 0. The lowest BCUT2D eigenvalue weighted by Gasteiger charge is -2.15. The highest BCUT2D eigenvalue weighted by Gasteiger charge is 2.08. The molecule has 1 atom stereocenters. The summed E-state index contributed by atoms with van der Waals surface area (Å²) in [7, 11) is 1.70. The van der Waals surface area contributed by atoms with Crippen LogP contribution in [0.5, 0.6) is 5.75 Å². The fourth-order valence-electron chi connectivity index (χ4n) is 1.81. The molecular weight excluding hydrogens is 234 g/mol. The fraction of sp³-hybridized carbons (Fsp3) is 0.571. The molecular formula is C14H24ClNO. The first-order chi connectivity index (χ1) is 7.54. The summed E-state index contributed by atoms with van der Waals surface area (Å²) in [5.74, 6) is 1.64. The minimum absolute atomic E-state index is 0. The lowest BCUT2D eigenvalue weighted by atomic mass is 9.97. The Kier molecular flexibility index (Phi) is 7.24. The summed E-state index contributed by atoms with van der Waals surface area (Å²) in [6, 6.07) is 6.34. The van der Waals surface area contributed by atoms with E-state index in [-0.39, 0.29) is 18.4 Å². The van der Waals surface area contributed by atoms with Crippen LogP contribution in [-0.2, 0) is 0 Å². The van der Waals surface area contributed by atoms with E-state index < -0.39 is 0 Å². The van der Waals surface area contributed by atoms with E-state index in [9.17, 15) is 0 Å². The number of benzene rings is 1. The molecule has 0 unspecified atom stereocenters. The summed E-state index contributed by atoms with van der Waals surface area (Å²) in [6.07, 6.45) is 2.22. The molecule has 0 saturated heterocycles. The number of ether oxygens (including phenoxy) is 1. The van der Waals surface area contributed by atoms with Gasteiger partial charge in [0.15, 0.2) is 0 Å². The molecule has 0 aliphatic heterocycles. The van der Waals surface area contributed by atoms with Gasteiger partial charge in [-0.2, -0.15) is 0 Å². The highest BCUT2D eigenvalue weighted by molar-refractivity contribution is 5.85. The number of aryl methyl sites for hydroxylation is 1. The third kappa shape index (κ3) is 4.97. The quantitative estimate of drug-likeness (QED) is 0.869. The second kappa shape index (κ2) is 7.57. The third-order valence-corrected chi connectivity index (χ3v) is 2.90. The number of methoxy groups -OCH3 is 1. The second-order valence-corrected chi connectivity index (χ2v) is 4.81. The first-order valence-corrected chi connectivity index (χ1v) is 5.94. The average molecular weight is 258 g/mol. The van der Waals surface area contributed by atoms with E-state index in [4.69, 9.17) is 10.5 Å². The van der Waals surface area contributed by atoms with Crippen molar-refractivity contribution in [2.75, 3.05) is 7.11 Å². The van der Waals surface area contributed by atoms with Gasteiger partial charge in [-0.3, -0.25) is 0 Å². The normalized spacial score (nSPS) is 12.1. The van der Waals surface area contributed by atoms with Crippen LogP contribution in [0.4, 0.5) is 0 Å². The fourth-order valence-corrected chi connectivity index (χ4v) is 1.81. The molecule has 0 spiro atoms. The minimum atomic E-state index is 0. The van der Waals surface area contributed by atoms with Gasteiger partial charge in [0.05, 0.1) is 7.11 Å². The van der Waals surface area contributed by atoms with E-state index in [0.717, 1.165) is 17.7 Å². The van der Waals surface area contributed by atoms with Gasteiger partial charge in [-0.05, 0) is 42.9 Å². The number of nitrogens with two attached hydrogens (primary N) is 1. The summed E-state index contributed by atoms with van der Waals surface area (Å²) >= 11 is 0. The lowest BCUT2D eigenvalue weighted by molar-refractivity contribution is 0.411. The van der Waals surface area contributed by atoms with Crippen molar-refractivity contribution in [2.24, 2.45) is 11.7 Å². The Morgan fingerprint density at radius 3 is 2.35 bits per heavy atom. The lowest BCUT2D eigenvalue weighted by Crippen LogP contribution is -2.11. The first kappa shape index (κ1) is 16.3. The maximum atomic E-state index is 6.16. The van der Waals surface area contributed by atoms with Crippen LogP contribution in [0.15, 0.2) is 18.2 Å². The van der Waals surface area contributed by atoms with Crippen LogP contribution in [0.2, 0.25) is 0 Å². The van der Waals surface area contributed by atoms with Crippen LogP contribution in [0.1, 0.15) is 43.9 Å². The van der Waals surface area contributed by atoms with Crippen LogP contribution >= 0.6 is 12.4 Å². The SMILES string of the molecule is COc1ccc([C@H](N)CCC(C)C)cc1C.Cl. The highest BCUT2D eigenvalue weighted by atomic mass is 35.5. The summed E-state index contributed by atoms with van der Waals surface area (Å²) < 4.78 is 5.24. The maximum Gasteiger partial charge on any atom is 0.121 e. The van der Waals surface area contributed by atoms with Gasteiger partial charge < -0.3 is 10.5 Å². The third-order valence-electron chi connectivity index (χ3n) is 2.90. The summed E-state index contributed by atoms with van der Waals surface area (Å²) in [5.41, 5.74) is 8.52. The van der Waals surface area contributed by atoms with E-state index >= 15 is 0 Å². The number of hydrogen-bond acceptors (Lipinski definition) is 2. The van der Waals surface area contributed by atoms with Crippen molar-refractivity contribution in [2.45, 2.75) is 39.7 Å². The van der Waals surface area contributed by atoms with Crippen molar-refractivity contribution in [1.82, 2.24) is 0 Å². The molecule has 0 fully saturated rings. The molecule has 2 N–H and O–H groups in total. The van der Waals surface area contributed by atoms with Crippen molar-refractivity contribution < 1.29 is 4.74 Å². The number of hydrogen-bond donors (Lipinski definition) is 1. The minimum Gasteiger partial charge on any atom is -0.496 e. The smallest absolute Gasteiger partial charge is 0.121 e. The molecule has 0 aliphatic carbocycles. The second-order valence-electron chi connectivity index (χ2n) is 4.81. The summed E-state index contributed by atoms with van der Waals surface area (Å²) in [5, 5.41) is 0. The highest BCUT2D eigenvalue weighted by Crippen LogP contribution is 2.24. The zero-order valence-electron chi connectivity index (χ0n) is 11.2. The van der Waals surface area contributed by atoms with Gasteiger partial charge in [0.2, 0.25) is 0 Å². The Hall–Kier alpha value is -0.730. The molecule has 0 heterocycles.